The molecular weight excluding hydrogens is 320 g/mol. The van der Waals surface area contributed by atoms with Crippen LogP contribution < -0.4 is 10.2 Å². The van der Waals surface area contributed by atoms with E-state index in [0.717, 1.165) is 11.5 Å². The summed E-state index contributed by atoms with van der Waals surface area (Å²) in [6, 6.07) is 3.80. The van der Waals surface area contributed by atoms with Gasteiger partial charge in [-0.05, 0) is 13.0 Å². The van der Waals surface area contributed by atoms with Crippen LogP contribution >= 0.6 is 0 Å². The molecule has 1 aliphatic rings. The van der Waals surface area contributed by atoms with Crippen LogP contribution in [0.4, 0.5) is 17.5 Å². The van der Waals surface area contributed by atoms with Crippen molar-refractivity contribution in [3.05, 3.63) is 24.7 Å². The zero-order valence-corrected chi connectivity index (χ0v) is 14.3. The van der Waals surface area contributed by atoms with Crippen molar-refractivity contribution in [2.45, 2.75) is 19.4 Å². The van der Waals surface area contributed by atoms with Gasteiger partial charge in [0, 0.05) is 45.1 Å². The van der Waals surface area contributed by atoms with E-state index in [1.54, 1.807) is 22.0 Å². The number of hydrogen-bond acceptors (Lipinski definition) is 7. The molecule has 0 radical (unpaired) electrons. The lowest BCUT2D eigenvalue weighted by Gasteiger charge is -2.40. The lowest BCUT2D eigenvalue weighted by molar-refractivity contribution is -0.132. The molecule has 1 saturated heterocycles. The van der Waals surface area contributed by atoms with E-state index in [-0.39, 0.29) is 18.4 Å². The average molecular weight is 340 g/mol. The monoisotopic (exact) mass is 340 g/mol. The van der Waals surface area contributed by atoms with Gasteiger partial charge in [0.05, 0.1) is 18.0 Å². The maximum absolute atomic E-state index is 12.0. The van der Waals surface area contributed by atoms with Crippen LogP contribution in [0.5, 0.6) is 0 Å². The number of nitriles is 1. The standard InChI is InChI=1S/C16H20N8O/c1-12-10-23(7-8-24(12)15(25)3-5-17)14-4-6-18-16(21-14)20-13-9-19-22(2)11-13/h4,6,9,11-12H,3,7-8,10H2,1-2H3,(H,18,20,21). The van der Waals surface area contributed by atoms with E-state index < -0.39 is 0 Å². The Hall–Kier alpha value is -3.15. The minimum absolute atomic E-state index is 0.0271. The summed E-state index contributed by atoms with van der Waals surface area (Å²) in [4.78, 5) is 24.6. The number of carbonyl (C=O) groups is 1. The van der Waals surface area contributed by atoms with Gasteiger partial charge in [-0.3, -0.25) is 9.48 Å². The zero-order chi connectivity index (χ0) is 17.8. The fourth-order valence-corrected chi connectivity index (χ4v) is 2.91. The van der Waals surface area contributed by atoms with Gasteiger partial charge in [0.15, 0.2) is 0 Å². The second-order valence-electron chi connectivity index (χ2n) is 5.98. The van der Waals surface area contributed by atoms with Crippen LogP contribution in [-0.4, -0.2) is 56.2 Å². The number of aryl methyl sites for hydroxylation is 1. The van der Waals surface area contributed by atoms with Crippen molar-refractivity contribution in [3.63, 3.8) is 0 Å². The van der Waals surface area contributed by atoms with E-state index >= 15 is 0 Å². The fourth-order valence-electron chi connectivity index (χ4n) is 2.91. The van der Waals surface area contributed by atoms with Crippen LogP contribution in [0.2, 0.25) is 0 Å². The molecule has 0 spiro atoms. The molecule has 9 heteroatoms. The first-order valence-corrected chi connectivity index (χ1v) is 8.07. The molecule has 2 aromatic rings. The highest BCUT2D eigenvalue weighted by Crippen LogP contribution is 2.19. The Morgan fingerprint density at radius 1 is 1.48 bits per heavy atom. The molecule has 3 rings (SSSR count). The maximum atomic E-state index is 12.0. The number of piperazine rings is 1. The van der Waals surface area contributed by atoms with Crippen LogP contribution in [0.1, 0.15) is 13.3 Å². The van der Waals surface area contributed by atoms with Gasteiger partial charge >= 0.3 is 0 Å². The van der Waals surface area contributed by atoms with E-state index in [4.69, 9.17) is 5.26 Å². The SMILES string of the molecule is CC1CN(c2ccnc(Nc3cnn(C)c3)n2)CCN1C(=O)CC#N. The number of carbonyl (C=O) groups excluding carboxylic acids is 1. The molecule has 1 unspecified atom stereocenters. The third-order valence-electron chi connectivity index (χ3n) is 4.10. The van der Waals surface area contributed by atoms with Crippen LogP contribution in [0.25, 0.3) is 0 Å². The molecule has 0 saturated carbocycles. The normalized spacial score (nSPS) is 17.2. The van der Waals surface area contributed by atoms with Crippen molar-refractivity contribution in [2.75, 3.05) is 29.9 Å². The molecule has 0 aromatic carbocycles. The molecule has 0 bridgehead atoms. The topological polar surface area (TPSA) is 103 Å². The van der Waals surface area contributed by atoms with Gasteiger partial charge in [-0.15, -0.1) is 0 Å². The Morgan fingerprint density at radius 2 is 2.32 bits per heavy atom. The summed E-state index contributed by atoms with van der Waals surface area (Å²) >= 11 is 0. The molecule has 1 N–H and O–H groups in total. The first-order chi connectivity index (χ1) is 12.1. The molecule has 1 aliphatic heterocycles. The van der Waals surface area contributed by atoms with Crippen molar-refractivity contribution < 1.29 is 4.79 Å². The van der Waals surface area contributed by atoms with Crippen LogP contribution in [0.3, 0.4) is 0 Å². The number of anilines is 3. The predicted molar refractivity (Wildman–Crippen MR) is 92.1 cm³/mol. The maximum Gasteiger partial charge on any atom is 0.237 e. The zero-order valence-electron chi connectivity index (χ0n) is 14.3. The number of nitrogens with one attached hydrogen (secondary N) is 1. The number of hydrogen-bond donors (Lipinski definition) is 1. The highest BCUT2D eigenvalue weighted by atomic mass is 16.2. The number of nitrogens with zero attached hydrogens (tertiary/aromatic N) is 7. The predicted octanol–water partition coefficient (Wildman–Crippen LogP) is 0.904. The first kappa shape index (κ1) is 16.7. The lowest BCUT2D eigenvalue weighted by atomic mass is 10.1. The summed E-state index contributed by atoms with van der Waals surface area (Å²) in [6.07, 6.45) is 5.19. The largest absolute Gasteiger partial charge is 0.353 e. The smallest absolute Gasteiger partial charge is 0.237 e. The Labute approximate surface area is 145 Å². The molecular formula is C16H20N8O. The van der Waals surface area contributed by atoms with Gasteiger partial charge < -0.3 is 15.1 Å². The Balaban J connectivity index is 1.68. The number of rotatable bonds is 4. The number of amides is 1. The number of aromatic nitrogens is 4. The lowest BCUT2D eigenvalue weighted by Crippen LogP contribution is -2.54. The summed E-state index contributed by atoms with van der Waals surface area (Å²) in [6.45, 7) is 3.90. The highest BCUT2D eigenvalue weighted by molar-refractivity contribution is 5.78. The van der Waals surface area contributed by atoms with Gasteiger partial charge in [0.25, 0.3) is 0 Å². The molecule has 2 aromatic heterocycles. The summed E-state index contributed by atoms with van der Waals surface area (Å²) in [5, 5.41) is 15.9. The minimum Gasteiger partial charge on any atom is -0.353 e. The van der Waals surface area contributed by atoms with Crippen LogP contribution in [0, 0.1) is 11.3 Å². The third-order valence-corrected chi connectivity index (χ3v) is 4.10. The van der Waals surface area contributed by atoms with E-state index in [1.807, 2.05) is 32.3 Å². The third kappa shape index (κ3) is 3.85. The van der Waals surface area contributed by atoms with Crippen LogP contribution in [0.15, 0.2) is 24.7 Å². The van der Waals surface area contributed by atoms with Gasteiger partial charge in [-0.2, -0.15) is 15.3 Å². The van der Waals surface area contributed by atoms with Crippen molar-refractivity contribution >= 4 is 23.4 Å². The molecule has 0 aliphatic carbocycles. The summed E-state index contributed by atoms with van der Waals surface area (Å²) in [5.41, 5.74) is 0.819. The molecule has 1 fully saturated rings. The van der Waals surface area contributed by atoms with Crippen LogP contribution in [-0.2, 0) is 11.8 Å². The Morgan fingerprint density at radius 3 is 3.00 bits per heavy atom. The van der Waals surface area contributed by atoms with Gasteiger partial charge in [0.1, 0.15) is 12.2 Å². The van der Waals surface area contributed by atoms with Gasteiger partial charge in [0.2, 0.25) is 11.9 Å². The first-order valence-electron chi connectivity index (χ1n) is 8.07. The second-order valence-corrected chi connectivity index (χ2v) is 5.98. The van der Waals surface area contributed by atoms with E-state index in [0.29, 0.717) is 25.6 Å². The average Bonchev–Trinajstić information content (AvgIpc) is 3.00. The Kier molecular flexibility index (Phi) is 4.79. The van der Waals surface area contributed by atoms with E-state index in [1.165, 1.54) is 0 Å². The summed E-state index contributed by atoms with van der Waals surface area (Å²) in [7, 11) is 1.84. The summed E-state index contributed by atoms with van der Waals surface area (Å²) in [5.74, 6) is 1.19. The van der Waals surface area contributed by atoms with E-state index in [2.05, 4.69) is 25.3 Å². The molecule has 1 amide bonds. The Bertz CT molecular complexity index is 795. The van der Waals surface area contributed by atoms with Gasteiger partial charge in [-0.1, -0.05) is 0 Å². The van der Waals surface area contributed by atoms with Crippen molar-refractivity contribution in [1.82, 2.24) is 24.6 Å². The van der Waals surface area contributed by atoms with Crippen molar-refractivity contribution in [2.24, 2.45) is 7.05 Å². The molecule has 130 valence electrons. The van der Waals surface area contributed by atoms with Crippen molar-refractivity contribution in [1.29, 1.82) is 5.26 Å². The highest BCUT2D eigenvalue weighted by Gasteiger charge is 2.27. The van der Waals surface area contributed by atoms with Gasteiger partial charge in [-0.25, -0.2) is 4.98 Å². The molecule has 1 atom stereocenters. The minimum atomic E-state index is -0.115. The van der Waals surface area contributed by atoms with Crippen molar-refractivity contribution in [3.8, 4) is 6.07 Å². The fraction of sp³-hybridized carbons (Fsp3) is 0.438. The molecule has 25 heavy (non-hydrogen) atoms. The molecule has 3 heterocycles. The quantitative estimate of drug-likeness (QED) is 0.882. The summed E-state index contributed by atoms with van der Waals surface area (Å²) < 4.78 is 1.70. The molecule has 9 nitrogen and oxygen atoms in total. The second kappa shape index (κ2) is 7.17. The van der Waals surface area contributed by atoms with E-state index in [9.17, 15) is 4.79 Å².